The molecular weight excluding hydrogens is 348 g/mol. The molecule has 0 saturated carbocycles. The van der Waals surface area contributed by atoms with Gasteiger partial charge in [0.25, 0.3) is 0 Å². The van der Waals surface area contributed by atoms with Crippen LogP contribution < -0.4 is 5.32 Å². The van der Waals surface area contributed by atoms with Crippen molar-refractivity contribution in [3.8, 4) is 12.1 Å². The number of hydrogen-bond donors (Lipinski definition) is 1. The van der Waals surface area contributed by atoms with E-state index in [1.807, 2.05) is 6.07 Å². The molecule has 0 aliphatic carbocycles. The fraction of sp³-hybridized carbons (Fsp3) is 0.211. The molecule has 2 aromatic rings. The highest BCUT2D eigenvalue weighted by Gasteiger charge is 2.25. The number of nitrogens with one attached hydrogen (secondary N) is 1. The Balaban J connectivity index is 2.61. The molecule has 0 spiro atoms. The summed E-state index contributed by atoms with van der Waals surface area (Å²) >= 11 is 0. The first kappa shape index (κ1) is 19.4. The van der Waals surface area contributed by atoms with Crippen molar-refractivity contribution in [2.24, 2.45) is 0 Å². The summed E-state index contributed by atoms with van der Waals surface area (Å²) in [4.78, 5) is 28.5. The minimum Gasteiger partial charge on any atom is -0.462 e. The summed E-state index contributed by atoms with van der Waals surface area (Å²) in [5.41, 5.74) is 0.108. The first-order valence-corrected chi connectivity index (χ1v) is 8.10. The van der Waals surface area contributed by atoms with Gasteiger partial charge in [0.1, 0.15) is 12.1 Å². The largest absolute Gasteiger partial charge is 0.462 e. The van der Waals surface area contributed by atoms with Crippen LogP contribution in [-0.2, 0) is 19.1 Å². The van der Waals surface area contributed by atoms with Gasteiger partial charge in [-0.3, -0.25) is 4.98 Å². The van der Waals surface area contributed by atoms with Crippen LogP contribution in [0.5, 0.6) is 0 Å². The molecular formula is C19H16N4O4. The van der Waals surface area contributed by atoms with Crippen LogP contribution in [0.25, 0.3) is 10.9 Å². The average molecular weight is 364 g/mol. The van der Waals surface area contributed by atoms with Gasteiger partial charge in [-0.2, -0.15) is 10.5 Å². The number of ether oxygens (including phenoxy) is 2. The Morgan fingerprint density at radius 3 is 2.44 bits per heavy atom. The summed E-state index contributed by atoms with van der Waals surface area (Å²) in [5, 5.41) is 22.2. The van der Waals surface area contributed by atoms with E-state index in [0.717, 1.165) is 0 Å². The summed E-state index contributed by atoms with van der Waals surface area (Å²) in [7, 11) is 0. The van der Waals surface area contributed by atoms with Crippen LogP contribution >= 0.6 is 0 Å². The van der Waals surface area contributed by atoms with Gasteiger partial charge in [-0.25, -0.2) is 9.59 Å². The monoisotopic (exact) mass is 364 g/mol. The van der Waals surface area contributed by atoms with Gasteiger partial charge in [0, 0.05) is 11.6 Å². The van der Waals surface area contributed by atoms with Crippen molar-refractivity contribution in [2.45, 2.75) is 13.8 Å². The molecule has 2 rings (SSSR count). The van der Waals surface area contributed by atoms with E-state index in [2.05, 4.69) is 10.3 Å². The van der Waals surface area contributed by atoms with Gasteiger partial charge in [0.05, 0.1) is 30.0 Å². The lowest BCUT2D eigenvalue weighted by Crippen LogP contribution is -2.21. The molecule has 0 fully saturated rings. The van der Waals surface area contributed by atoms with Gasteiger partial charge in [-0.05, 0) is 38.1 Å². The van der Waals surface area contributed by atoms with E-state index in [1.165, 1.54) is 6.07 Å². The van der Waals surface area contributed by atoms with E-state index in [0.29, 0.717) is 10.9 Å². The lowest BCUT2D eigenvalue weighted by molar-refractivity contribution is -0.141. The lowest BCUT2D eigenvalue weighted by atomic mass is 10.1. The first-order chi connectivity index (χ1) is 13.1. The third-order valence-electron chi connectivity index (χ3n) is 3.48. The summed E-state index contributed by atoms with van der Waals surface area (Å²) < 4.78 is 9.76. The number of fused-ring (bicyclic) bond motifs is 1. The first-order valence-electron chi connectivity index (χ1n) is 8.10. The smallest absolute Gasteiger partial charge is 0.356 e. The molecule has 0 amide bonds. The second kappa shape index (κ2) is 8.97. The van der Waals surface area contributed by atoms with Crippen molar-refractivity contribution in [1.29, 1.82) is 10.5 Å². The Morgan fingerprint density at radius 1 is 1.11 bits per heavy atom. The van der Waals surface area contributed by atoms with Crippen LogP contribution in [0.2, 0.25) is 0 Å². The predicted molar refractivity (Wildman–Crippen MR) is 96.0 cm³/mol. The number of benzene rings is 1. The van der Waals surface area contributed by atoms with Gasteiger partial charge in [-0.1, -0.05) is 0 Å². The van der Waals surface area contributed by atoms with E-state index in [9.17, 15) is 20.1 Å². The number of carbonyl (C=O) groups is 2. The van der Waals surface area contributed by atoms with Crippen molar-refractivity contribution in [3.05, 3.63) is 47.3 Å². The zero-order valence-electron chi connectivity index (χ0n) is 14.8. The van der Waals surface area contributed by atoms with Crippen LogP contribution in [0.3, 0.4) is 0 Å². The molecule has 1 N–H and O–H groups in total. The molecule has 0 radical (unpaired) electrons. The summed E-state index contributed by atoms with van der Waals surface area (Å²) in [6.45, 7) is 3.24. The minimum atomic E-state index is -0.962. The van der Waals surface area contributed by atoms with Crippen molar-refractivity contribution in [3.63, 3.8) is 0 Å². The maximum Gasteiger partial charge on any atom is 0.356 e. The Bertz CT molecular complexity index is 999. The number of esters is 2. The van der Waals surface area contributed by atoms with Crippen molar-refractivity contribution in [1.82, 2.24) is 4.98 Å². The number of anilines is 1. The standard InChI is InChI=1S/C19H16N4O4/c1-3-26-18(24)14(11-21)17(19(25)27-4-2)23-16-8-7-15-12(13(16)10-20)6-5-9-22-15/h5-9,23H,3-4H2,1-2H3/b17-14-. The Labute approximate surface area is 155 Å². The molecule has 0 bridgehead atoms. The van der Waals surface area contributed by atoms with Crippen molar-refractivity contribution < 1.29 is 19.1 Å². The van der Waals surface area contributed by atoms with Crippen LogP contribution in [0.1, 0.15) is 19.4 Å². The van der Waals surface area contributed by atoms with Gasteiger partial charge in [0.2, 0.25) is 0 Å². The van der Waals surface area contributed by atoms with Gasteiger partial charge in [0.15, 0.2) is 11.3 Å². The fourth-order valence-corrected chi connectivity index (χ4v) is 2.34. The third kappa shape index (κ3) is 4.20. The average Bonchev–Trinajstić information content (AvgIpc) is 2.67. The highest BCUT2D eigenvalue weighted by Crippen LogP contribution is 2.26. The van der Waals surface area contributed by atoms with Crippen LogP contribution in [0, 0.1) is 22.7 Å². The number of hydrogen-bond acceptors (Lipinski definition) is 8. The van der Waals surface area contributed by atoms with Crippen molar-refractivity contribution >= 4 is 28.5 Å². The normalized spacial score (nSPS) is 11.0. The molecule has 0 aliphatic heterocycles. The van der Waals surface area contributed by atoms with E-state index < -0.39 is 23.2 Å². The molecule has 27 heavy (non-hydrogen) atoms. The Hall–Kier alpha value is -3.91. The quantitative estimate of drug-likeness (QED) is 0.470. The van der Waals surface area contributed by atoms with E-state index in [4.69, 9.17) is 9.47 Å². The minimum absolute atomic E-state index is 0.0329. The number of carbonyl (C=O) groups excluding carboxylic acids is 2. The van der Waals surface area contributed by atoms with Gasteiger partial charge < -0.3 is 14.8 Å². The molecule has 0 aliphatic rings. The fourth-order valence-electron chi connectivity index (χ4n) is 2.34. The van der Waals surface area contributed by atoms with E-state index in [1.54, 1.807) is 44.3 Å². The number of aromatic nitrogens is 1. The molecule has 0 unspecified atom stereocenters. The second-order valence-corrected chi connectivity index (χ2v) is 5.10. The van der Waals surface area contributed by atoms with E-state index in [-0.39, 0.29) is 24.5 Å². The molecule has 8 nitrogen and oxygen atoms in total. The number of nitriles is 2. The van der Waals surface area contributed by atoms with Crippen LogP contribution in [-0.4, -0.2) is 30.1 Å². The Kier molecular flexibility index (Phi) is 6.45. The molecule has 8 heteroatoms. The molecule has 0 atom stereocenters. The summed E-state index contributed by atoms with van der Waals surface area (Å²) in [6.07, 6.45) is 1.59. The van der Waals surface area contributed by atoms with Gasteiger partial charge in [-0.15, -0.1) is 0 Å². The number of pyridine rings is 1. The third-order valence-corrected chi connectivity index (χ3v) is 3.48. The Morgan fingerprint density at radius 2 is 1.81 bits per heavy atom. The zero-order valence-corrected chi connectivity index (χ0v) is 14.8. The molecule has 136 valence electrons. The maximum atomic E-state index is 12.3. The zero-order chi connectivity index (χ0) is 19.8. The highest BCUT2D eigenvalue weighted by atomic mass is 16.5. The van der Waals surface area contributed by atoms with Crippen molar-refractivity contribution in [2.75, 3.05) is 18.5 Å². The molecule has 1 aromatic heterocycles. The van der Waals surface area contributed by atoms with Crippen LogP contribution in [0.4, 0.5) is 5.69 Å². The summed E-state index contributed by atoms with van der Waals surface area (Å²) in [6, 6.07) is 10.3. The molecule has 1 heterocycles. The molecule has 0 saturated heterocycles. The van der Waals surface area contributed by atoms with Gasteiger partial charge >= 0.3 is 11.9 Å². The SMILES string of the molecule is CCOC(=O)/C(C#N)=C(\Nc1ccc2ncccc2c1C#N)C(=O)OCC. The summed E-state index contributed by atoms with van der Waals surface area (Å²) in [5.74, 6) is -1.87. The second-order valence-electron chi connectivity index (χ2n) is 5.10. The van der Waals surface area contributed by atoms with E-state index >= 15 is 0 Å². The molecule has 1 aromatic carbocycles. The lowest BCUT2D eigenvalue weighted by Gasteiger charge is -2.14. The number of nitrogens with zero attached hydrogens (tertiary/aromatic N) is 3. The highest BCUT2D eigenvalue weighted by molar-refractivity contribution is 6.05. The topological polar surface area (TPSA) is 125 Å². The van der Waals surface area contributed by atoms with Crippen LogP contribution in [0.15, 0.2) is 41.7 Å². The number of rotatable bonds is 6. The maximum absolute atomic E-state index is 12.3. The predicted octanol–water partition coefficient (Wildman–Crippen LogP) is 2.42.